The van der Waals surface area contributed by atoms with E-state index in [-0.39, 0.29) is 11.8 Å². The second-order valence-corrected chi connectivity index (χ2v) is 8.45. The van der Waals surface area contributed by atoms with Gasteiger partial charge >= 0.3 is 0 Å². The number of amides is 1. The molecule has 1 amide bonds. The quantitative estimate of drug-likeness (QED) is 0.324. The molecule has 2 fully saturated rings. The van der Waals surface area contributed by atoms with Gasteiger partial charge in [-0.25, -0.2) is 0 Å². The van der Waals surface area contributed by atoms with E-state index in [1.807, 2.05) is 7.05 Å². The van der Waals surface area contributed by atoms with Crippen LogP contribution in [0.1, 0.15) is 43.7 Å². The average Bonchev–Trinajstić information content (AvgIpc) is 3.31. The van der Waals surface area contributed by atoms with E-state index in [2.05, 4.69) is 55.8 Å². The molecule has 3 rings (SSSR count). The highest BCUT2D eigenvalue weighted by Crippen LogP contribution is 2.24. The predicted octanol–water partition coefficient (Wildman–Crippen LogP) is 1.58. The van der Waals surface area contributed by atoms with Crippen molar-refractivity contribution in [3.63, 3.8) is 0 Å². The molecule has 1 aromatic rings. The van der Waals surface area contributed by atoms with E-state index in [1.165, 1.54) is 18.4 Å². The Hall–Kier alpha value is -2.12. The first-order valence-electron chi connectivity index (χ1n) is 11.4. The van der Waals surface area contributed by atoms with Crippen LogP contribution in [0.15, 0.2) is 35.3 Å². The van der Waals surface area contributed by atoms with Gasteiger partial charge in [-0.1, -0.05) is 30.3 Å². The van der Waals surface area contributed by atoms with Crippen LogP contribution in [0.3, 0.4) is 0 Å². The van der Waals surface area contributed by atoms with E-state index < -0.39 is 0 Å². The second kappa shape index (κ2) is 11.9. The molecule has 0 spiro atoms. The number of likely N-dealkylation sites (tertiary alicyclic amines) is 2. The van der Waals surface area contributed by atoms with Crippen LogP contribution in [0.25, 0.3) is 0 Å². The van der Waals surface area contributed by atoms with Crippen molar-refractivity contribution in [2.24, 2.45) is 16.6 Å². The van der Waals surface area contributed by atoms with Gasteiger partial charge in [-0.05, 0) is 63.8 Å². The number of primary amides is 1. The van der Waals surface area contributed by atoms with Crippen molar-refractivity contribution in [1.29, 1.82) is 0 Å². The summed E-state index contributed by atoms with van der Waals surface area (Å²) in [5.74, 6) is 0.707. The third-order valence-electron chi connectivity index (χ3n) is 6.30. The molecule has 2 aliphatic heterocycles. The highest BCUT2D eigenvalue weighted by Gasteiger charge is 2.24. The lowest BCUT2D eigenvalue weighted by Crippen LogP contribution is -2.44. The van der Waals surface area contributed by atoms with E-state index >= 15 is 0 Å². The van der Waals surface area contributed by atoms with Crippen LogP contribution in [-0.4, -0.2) is 74.5 Å². The Morgan fingerprint density at radius 1 is 1.17 bits per heavy atom. The van der Waals surface area contributed by atoms with Gasteiger partial charge in [-0.15, -0.1) is 0 Å². The number of carbonyl (C=O) groups is 1. The number of nitrogens with two attached hydrogens (primary N) is 1. The van der Waals surface area contributed by atoms with Gasteiger partial charge in [-0.3, -0.25) is 14.7 Å². The summed E-state index contributed by atoms with van der Waals surface area (Å²) >= 11 is 0. The molecular weight excluding hydrogens is 376 g/mol. The SMILES string of the molecule is CN=C(NCCCN1CCCC(C(N)=O)C1)NCC(c1ccccc1)N1CCCC1. The normalized spacial score (nSPS) is 22.0. The topological polar surface area (TPSA) is 86.0 Å². The van der Waals surface area contributed by atoms with Gasteiger partial charge in [0.1, 0.15) is 0 Å². The molecule has 1 aromatic carbocycles. The van der Waals surface area contributed by atoms with Crippen molar-refractivity contribution in [3.05, 3.63) is 35.9 Å². The monoisotopic (exact) mass is 414 g/mol. The molecule has 2 aliphatic rings. The average molecular weight is 415 g/mol. The summed E-state index contributed by atoms with van der Waals surface area (Å²) in [7, 11) is 1.82. The lowest BCUT2D eigenvalue weighted by molar-refractivity contribution is -0.123. The van der Waals surface area contributed by atoms with Crippen molar-refractivity contribution in [1.82, 2.24) is 20.4 Å². The summed E-state index contributed by atoms with van der Waals surface area (Å²) in [4.78, 5) is 20.8. The molecule has 7 nitrogen and oxygen atoms in total. The molecule has 4 N–H and O–H groups in total. The Bertz CT molecular complexity index is 674. The highest BCUT2D eigenvalue weighted by molar-refractivity contribution is 5.79. The zero-order valence-corrected chi connectivity index (χ0v) is 18.4. The molecule has 0 radical (unpaired) electrons. The molecule has 0 aliphatic carbocycles. The third kappa shape index (κ3) is 6.71. The van der Waals surface area contributed by atoms with Crippen molar-refractivity contribution in [2.45, 2.75) is 38.1 Å². The number of rotatable bonds is 9. The summed E-state index contributed by atoms with van der Waals surface area (Å²) in [5.41, 5.74) is 6.84. The first kappa shape index (κ1) is 22.6. The van der Waals surface area contributed by atoms with Crippen LogP contribution in [0.2, 0.25) is 0 Å². The fraction of sp³-hybridized carbons (Fsp3) is 0.652. The molecule has 2 saturated heterocycles. The smallest absolute Gasteiger partial charge is 0.221 e. The van der Waals surface area contributed by atoms with Gasteiger partial charge in [0, 0.05) is 26.7 Å². The van der Waals surface area contributed by atoms with Crippen LogP contribution >= 0.6 is 0 Å². The standard InChI is InChI=1S/C23H38N6O/c1-25-23(26-12-8-14-28-13-7-11-20(18-28)22(24)30)27-17-21(29-15-5-6-16-29)19-9-3-2-4-10-19/h2-4,9-10,20-21H,5-8,11-18H2,1H3,(H2,24,30)(H2,25,26,27). The molecule has 0 bridgehead atoms. The molecule has 166 valence electrons. The van der Waals surface area contributed by atoms with Crippen molar-refractivity contribution in [2.75, 3.05) is 52.9 Å². The summed E-state index contributed by atoms with van der Waals surface area (Å²) in [6.07, 6.45) is 5.56. The molecular formula is C23H38N6O. The zero-order chi connectivity index (χ0) is 21.2. The number of hydrogen-bond acceptors (Lipinski definition) is 4. The van der Waals surface area contributed by atoms with Crippen LogP contribution in [0.5, 0.6) is 0 Å². The minimum Gasteiger partial charge on any atom is -0.369 e. The lowest BCUT2D eigenvalue weighted by atomic mass is 9.97. The summed E-state index contributed by atoms with van der Waals surface area (Å²) in [6.45, 7) is 6.87. The van der Waals surface area contributed by atoms with Crippen LogP contribution < -0.4 is 16.4 Å². The third-order valence-corrected chi connectivity index (χ3v) is 6.30. The first-order chi connectivity index (χ1) is 14.7. The number of hydrogen-bond donors (Lipinski definition) is 3. The highest BCUT2D eigenvalue weighted by atomic mass is 16.1. The lowest BCUT2D eigenvalue weighted by Gasteiger charge is -2.31. The number of nitrogens with zero attached hydrogens (tertiary/aromatic N) is 3. The molecule has 7 heteroatoms. The van der Waals surface area contributed by atoms with Crippen molar-refractivity contribution >= 4 is 11.9 Å². The van der Waals surface area contributed by atoms with Crippen molar-refractivity contribution in [3.8, 4) is 0 Å². The van der Waals surface area contributed by atoms with Gasteiger partial charge in [0.2, 0.25) is 5.91 Å². The molecule has 0 aromatic heterocycles. The maximum atomic E-state index is 11.4. The Morgan fingerprint density at radius 2 is 1.93 bits per heavy atom. The molecule has 30 heavy (non-hydrogen) atoms. The minimum absolute atomic E-state index is 0.0154. The van der Waals surface area contributed by atoms with Gasteiger partial charge < -0.3 is 21.3 Å². The van der Waals surface area contributed by atoms with Crippen molar-refractivity contribution < 1.29 is 4.79 Å². The number of benzene rings is 1. The fourth-order valence-electron chi connectivity index (χ4n) is 4.60. The van der Waals surface area contributed by atoms with E-state index in [0.717, 1.165) is 71.0 Å². The van der Waals surface area contributed by atoms with E-state index in [9.17, 15) is 4.79 Å². The number of carbonyl (C=O) groups excluding carboxylic acids is 1. The molecule has 2 atom stereocenters. The Balaban J connectivity index is 1.42. The maximum Gasteiger partial charge on any atom is 0.221 e. The van der Waals surface area contributed by atoms with Gasteiger partial charge in [0.15, 0.2) is 5.96 Å². The first-order valence-corrected chi connectivity index (χ1v) is 11.4. The van der Waals surface area contributed by atoms with E-state index in [4.69, 9.17) is 5.73 Å². The molecule has 2 unspecified atom stereocenters. The van der Waals surface area contributed by atoms with E-state index in [1.54, 1.807) is 0 Å². The number of piperidine rings is 1. The summed E-state index contributed by atoms with van der Waals surface area (Å²) < 4.78 is 0. The van der Waals surface area contributed by atoms with Gasteiger partial charge in [0.05, 0.1) is 12.0 Å². The van der Waals surface area contributed by atoms with Crippen LogP contribution in [0.4, 0.5) is 0 Å². The number of nitrogens with one attached hydrogen (secondary N) is 2. The minimum atomic E-state index is -0.159. The fourth-order valence-corrected chi connectivity index (χ4v) is 4.60. The summed E-state index contributed by atoms with van der Waals surface area (Å²) in [5, 5.41) is 6.97. The van der Waals surface area contributed by atoms with Gasteiger partial charge in [-0.2, -0.15) is 0 Å². The molecule has 2 heterocycles. The Kier molecular flexibility index (Phi) is 8.96. The Morgan fingerprint density at radius 3 is 2.63 bits per heavy atom. The van der Waals surface area contributed by atoms with Gasteiger partial charge in [0.25, 0.3) is 0 Å². The van der Waals surface area contributed by atoms with E-state index in [0.29, 0.717) is 6.04 Å². The summed E-state index contributed by atoms with van der Waals surface area (Å²) in [6, 6.07) is 11.1. The molecule has 0 saturated carbocycles. The second-order valence-electron chi connectivity index (χ2n) is 8.45. The van der Waals surface area contributed by atoms with Crippen LogP contribution in [-0.2, 0) is 4.79 Å². The van der Waals surface area contributed by atoms with Crippen LogP contribution in [0, 0.1) is 5.92 Å². The maximum absolute atomic E-state index is 11.4. The predicted molar refractivity (Wildman–Crippen MR) is 122 cm³/mol. The largest absolute Gasteiger partial charge is 0.369 e. The zero-order valence-electron chi connectivity index (χ0n) is 18.4. The number of aliphatic imine (C=N–C) groups is 1. The number of guanidine groups is 1. The Labute approximate surface area is 181 Å².